The van der Waals surface area contributed by atoms with E-state index in [-0.39, 0.29) is 38.3 Å². The molecule has 8 heteroatoms. The number of esters is 1. The Morgan fingerprint density at radius 2 is 1.48 bits per heavy atom. The molecule has 3 aromatic carbocycles. The second kappa shape index (κ2) is 12.2. The summed E-state index contributed by atoms with van der Waals surface area (Å²) in [4.78, 5) is 14.2. The highest BCUT2D eigenvalue weighted by molar-refractivity contribution is 6.32. The molecule has 1 aliphatic heterocycles. The quantitative estimate of drug-likeness (QED) is 0.179. The van der Waals surface area contributed by atoms with Gasteiger partial charge in [-0.2, -0.15) is 0 Å². The van der Waals surface area contributed by atoms with Crippen molar-refractivity contribution in [1.82, 2.24) is 0 Å². The lowest BCUT2D eigenvalue weighted by Gasteiger charge is -2.43. The van der Waals surface area contributed by atoms with Crippen LogP contribution in [-0.2, 0) is 30.7 Å². The van der Waals surface area contributed by atoms with E-state index in [2.05, 4.69) is 20.8 Å². The van der Waals surface area contributed by atoms with E-state index in [0.29, 0.717) is 18.7 Å². The fourth-order valence-corrected chi connectivity index (χ4v) is 5.99. The van der Waals surface area contributed by atoms with E-state index in [1.165, 1.54) is 7.11 Å². The molecule has 1 fully saturated rings. The molecule has 0 bridgehead atoms. The molecular weight excluding hydrogens is 528 g/mol. The number of halogens is 2. The van der Waals surface area contributed by atoms with Gasteiger partial charge in [-0.1, -0.05) is 81.4 Å². The summed E-state index contributed by atoms with van der Waals surface area (Å²) < 4.78 is 50.0. The molecule has 5 nitrogen and oxygen atoms in total. The third kappa shape index (κ3) is 6.29. The van der Waals surface area contributed by atoms with E-state index in [4.69, 9.17) is 13.9 Å². The maximum atomic E-state index is 16.5. The van der Waals surface area contributed by atoms with Crippen LogP contribution in [0.3, 0.4) is 0 Å². The summed E-state index contributed by atoms with van der Waals surface area (Å²) >= 11 is 0. The zero-order valence-corrected chi connectivity index (χ0v) is 25.0. The van der Waals surface area contributed by atoms with Crippen molar-refractivity contribution < 1.29 is 27.5 Å². The third-order valence-electron chi connectivity index (χ3n) is 6.80. The van der Waals surface area contributed by atoms with Gasteiger partial charge in [-0.25, -0.2) is 8.78 Å². The lowest BCUT2D eigenvalue weighted by molar-refractivity contribution is -0.139. The van der Waals surface area contributed by atoms with Crippen molar-refractivity contribution in [2.75, 3.05) is 25.1 Å². The lowest BCUT2D eigenvalue weighted by Crippen LogP contribution is -2.47. The molecule has 1 heterocycles. The molecule has 212 valence electrons. The van der Waals surface area contributed by atoms with Crippen LogP contribution in [0.25, 0.3) is 0 Å². The highest BCUT2D eigenvalue weighted by Crippen LogP contribution is 2.48. The zero-order valence-electron chi connectivity index (χ0n) is 24.0. The van der Waals surface area contributed by atoms with Crippen LogP contribution in [0.15, 0.2) is 66.7 Å². The van der Waals surface area contributed by atoms with Crippen LogP contribution >= 0.6 is 0 Å². The Morgan fingerprint density at radius 1 is 0.950 bits per heavy atom. The summed E-state index contributed by atoms with van der Waals surface area (Å²) in [5.41, 5.74) is 0.678. The number of benzene rings is 3. The normalized spacial score (nSPS) is 18.1. The van der Waals surface area contributed by atoms with Gasteiger partial charge in [-0.05, 0) is 36.1 Å². The Labute approximate surface area is 238 Å². The average molecular weight is 566 g/mol. The molecule has 0 N–H and O–H groups in total. The predicted octanol–water partition coefficient (Wildman–Crippen LogP) is 6.44. The molecule has 2 radical (unpaired) electrons. The van der Waals surface area contributed by atoms with E-state index in [0.717, 1.165) is 11.1 Å². The number of morpholine rings is 1. The first-order chi connectivity index (χ1) is 19.0. The van der Waals surface area contributed by atoms with Crippen LogP contribution in [0.2, 0.25) is 5.04 Å². The molecule has 0 saturated carbocycles. The van der Waals surface area contributed by atoms with E-state index in [1.54, 1.807) is 6.07 Å². The van der Waals surface area contributed by atoms with Gasteiger partial charge >= 0.3 is 5.97 Å². The summed E-state index contributed by atoms with van der Waals surface area (Å²) in [6.45, 7) is 10.8. The predicted molar refractivity (Wildman–Crippen MR) is 154 cm³/mol. The third-order valence-corrected chi connectivity index (χ3v) is 7.83. The Balaban J connectivity index is 2.12. The fraction of sp³-hybridized carbons (Fsp3) is 0.406. The molecule has 2 atom stereocenters. The molecule has 0 aliphatic carbocycles. The van der Waals surface area contributed by atoms with Crippen molar-refractivity contribution in [3.05, 3.63) is 101 Å². The Kier molecular flexibility index (Phi) is 9.12. The Hall–Kier alpha value is -3.07. The van der Waals surface area contributed by atoms with Crippen molar-refractivity contribution in [2.45, 2.75) is 63.9 Å². The number of nitrogens with zero attached hydrogens (tertiary/aromatic N) is 1. The summed E-state index contributed by atoms with van der Waals surface area (Å²) in [5, 5.41) is -0.218. The number of hydrogen-bond acceptors (Lipinski definition) is 5. The summed E-state index contributed by atoms with van der Waals surface area (Å²) in [5.74, 6) is -2.74. The Morgan fingerprint density at radius 3 is 1.95 bits per heavy atom. The van der Waals surface area contributed by atoms with Gasteiger partial charge in [0.2, 0.25) is 9.76 Å². The number of rotatable bonds is 8. The molecule has 4 rings (SSSR count). The van der Waals surface area contributed by atoms with Crippen LogP contribution in [0.4, 0.5) is 14.5 Å². The highest BCUT2D eigenvalue weighted by Gasteiger charge is 2.44. The maximum absolute atomic E-state index is 16.5. The highest BCUT2D eigenvalue weighted by atomic mass is 28.2. The standard InChI is InChI=1S/C32H37F2NO4Si/c1-21-19-35(20-22(2)38-21)30-26(17-23(18-27(36)37-6)28(33)29(30)34)32(39-40-31(3,4)5,24-13-9-7-10-14-24)25-15-11-8-12-16-25/h7-17,21-22H,18-20H2,1-6H3. The second-order valence-corrected chi connectivity index (χ2v) is 13.3. The molecule has 2 unspecified atom stereocenters. The van der Waals surface area contributed by atoms with Gasteiger partial charge < -0.3 is 18.8 Å². The van der Waals surface area contributed by atoms with Crippen molar-refractivity contribution in [1.29, 1.82) is 0 Å². The van der Waals surface area contributed by atoms with Crippen LogP contribution < -0.4 is 4.90 Å². The second-order valence-electron chi connectivity index (χ2n) is 11.3. The zero-order chi connectivity index (χ0) is 29.1. The molecule has 1 aliphatic rings. The van der Waals surface area contributed by atoms with Gasteiger partial charge in [0.05, 0.1) is 31.4 Å². The molecule has 3 aromatic rings. The van der Waals surface area contributed by atoms with E-state index < -0.39 is 29.6 Å². The number of carbonyl (C=O) groups is 1. The number of hydrogen-bond donors (Lipinski definition) is 0. The number of ether oxygens (including phenoxy) is 2. The lowest BCUT2D eigenvalue weighted by atomic mass is 9.78. The first kappa shape index (κ1) is 29.9. The van der Waals surface area contributed by atoms with Gasteiger partial charge in [0, 0.05) is 24.2 Å². The Bertz CT molecular complexity index is 1260. The molecule has 40 heavy (non-hydrogen) atoms. The molecule has 1 saturated heterocycles. The van der Waals surface area contributed by atoms with Crippen LogP contribution in [0.5, 0.6) is 0 Å². The number of carbonyl (C=O) groups excluding carboxylic acids is 1. The number of methoxy groups -OCH3 is 1. The van der Waals surface area contributed by atoms with E-state index >= 15 is 8.78 Å². The van der Waals surface area contributed by atoms with E-state index in [9.17, 15) is 4.79 Å². The summed E-state index contributed by atoms with van der Waals surface area (Å²) in [6.07, 6.45) is -0.813. The minimum atomic E-state index is -1.31. The monoisotopic (exact) mass is 565 g/mol. The smallest absolute Gasteiger partial charge is 0.310 e. The molecule has 0 spiro atoms. The van der Waals surface area contributed by atoms with Crippen molar-refractivity contribution in [3.63, 3.8) is 0 Å². The van der Waals surface area contributed by atoms with Crippen LogP contribution in [0, 0.1) is 11.6 Å². The van der Waals surface area contributed by atoms with Crippen LogP contribution in [0.1, 0.15) is 56.9 Å². The first-order valence-corrected chi connectivity index (χ1v) is 14.4. The largest absolute Gasteiger partial charge is 0.469 e. The minimum absolute atomic E-state index is 0.000999. The van der Waals surface area contributed by atoms with Gasteiger partial charge in [0.25, 0.3) is 0 Å². The van der Waals surface area contributed by atoms with Gasteiger partial charge in [0.1, 0.15) is 5.60 Å². The summed E-state index contributed by atoms with van der Waals surface area (Å²) in [6, 6.07) is 20.8. The maximum Gasteiger partial charge on any atom is 0.310 e. The molecular formula is C32H37F2NO4Si. The topological polar surface area (TPSA) is 48.0 Å². The number of anilines is 1. The average Bonchev–Trinajstić information content (AvgIpc) is 2.91. The molecule has 0 aromatic heterocycles. The van der Waals surface area contributed by atoms with Crippen molar-refractivity contribution in [3.8, 4) is 0 Å². The van der Waals surface area contributed by atoms with Crippen LogP contribution in [-0.4, -0.2) is 48.1 Å². The van der Waals surface area contributed by atoms with E-state index in [1.807, 2.05) is 79.4 Å². The van der Waals surface area contributed by atoms with Crippen molar-refractivity contribution in [2.24, 2.45) is 0 Å². The fourth-order valence-electron chi connectivity index (χ4n) is 5.19. The summed E-state index contributed by atoms with van der Waals surface area (Å²) in [7, 11) is 1.23. The minimum Gasteiger partial charge on any atom is -0.469 e. The molecule has 0 amide bonds. The van der Waals surface area contributed by atoms with Crippen molar-refractivity contribution >= 4 is 21.4 Å². The SMILES string of the molecule is COC(=O)Cc1cc(C(O[Si]C(C)(C)C)(c2ccccc2)c2ccccc2)c(N2CC(C)OC(C)C2)c(F)c1F. The van der Waals surface area contributed by atoms with Gasteiger partial charge in [0.15, 0.2) is 11.6 Å². The van der Waals surface area contributed by atoms with Gasteiger partial charge in [-0.15, -0.1) is 0 Å². The van der Waals surface area contributed by atoms with Gasteiger partial charge in [-0.3, -0.25) is 4.79 Å². The first-order valence-electron chi connectivity index (χ1n) is 13.5.